The van der Waals surface area contributed by atoms with Gasteiger partial charge in [-0.25, -0.2) is 4.39 Å². The molecule has 0 unspecified atom stereocenters. The van der Waals surface area contributed by atoms with Crippen LogP contribution in [0, 0.1) is 0 Å². The predicted molar refractivity (Wildman–Crippen MR) is 91.9 cm³/mol. The fourth-order valence-corrected chi connectivity index (χ4v) is 4.68. The van der Waals surface area contributed by atoms with Gasteiger partial charge in [0.15, 0.2) is 5.67 Å². The molecule has 4 rings (SSSR count). The van der Waals surface area contributed by atoms with Crippen LogP contribution in [0.25, 0.3) is 0 Å². The lowest BCUT2D eigenvalue weighted by Crippen LogP contribution is -2.55. The molecule has 1 aromatic rings. The third kappa shape index (κ3) is 3.19. The Morgan fingerprint density at radius 3 is 2.88 bits per heavy atom. The van der Waals surface area contributed by atoms with Crippen LogP contribution >= 0.6 is 11.3 Å². The van der Waals surface area contributed by atoms with E-state index in [-0.39, 0.29) is 24.0 Å². The summed E-state index contributed by atoms with van der Waals surface area (Å²) in [6.07, 6.45) is 2.79. The molecule has 3 aliphatic rings. The molecule has 7 heteroatoms. The summed E-state index contributed by atoms with van der Waals surface area (Å²) in [4.78, 5) is 27.6. The van der Waals surface area contributed by atoms with Crippen molar-refractivity contribution in [3.8, 4) is 0 Å². The number of nitrogens with zero attached hydrogens (tertiary/aromatic N) is 1. The third-order valence-corrected chi connectivity index (χ3v) is 6.52. The number of carbonyl (C=O) groups is 2. The van der Waals surface area contributed by atoms with Crippen LogP contribution < -0.4 is 5.32 Å². The van der Waals surface area contributed by atoms with Crippen LogP contribution in [0.1, 0.15) is 43.4 Å². The Labute approximate surface area is 150 Å². The quantitative estimate of drug-likeness (QED) is 0.890. The Morgan fingerprint density at radius 1 is 1.36 bits per heavy atom. The fourth-order valence-electron chi connectivity index (χ4n) is 4.03. The van der Waals surface area contributed by atoms with Gasteiger partial charge in [-0.05, 0) is 50.0 Å². The van der Waals surface area contributed by atoms with Crippen LogP contribution in [-0.4, -0.2) is 47.2 Å². The second-order valence-corrected chi connectivity index (χ2v) is 8.24. The van der Waals surface area contributed by atoms with Gasteiger partial charge in [0, 0.05) is 11.4 Å². The van der Waals surface area contributed by atoms with E-state index in [2.05, 4.69) is 5.32 Å². The highest BCUT2D eigenvalue weighted by molar-refractivity contribution is 7.09. The van der Waals surface area contributed by atoms with Gasteiger partial charge in [-0.1, -0.05) is 6.07 Å². The zero-order valence-corrected chi connectivity index (χ0v) is 14.9. The maximum atomic E-state index is 14.5. The van der Waals surface area contributed by atoms with Crippen molar-refractivity contribution in [1.29, 1.82) is 0 Å². The Bertz CT molecular complexity index is 647. The van der Waals surface area contributed by atoms with E-state index in [0.717, 1.165) is 11.3 Å². The van der Waals surface area contributed by atoms with Crippen molar-refractivity contribution >= 4 is 23.2 Å². The van der Waals surface area contributed by atoms with Crippen molar-refractivity contribution < 1.29 is 18.7 Å². The number of nitrogens with one attached hydrogen (secondary N) is 1. The van der Waals surface area contributed by atoms with E-state index in [4.69, 9.17) is 4.74 Å². The number of thiophene rings is 1. The SMILES string of the molecule is O=C(NCc1cccs1)[C@@H]1CC[C@@H]2[C@@H](CCN2C(=O)C2(F)CCC2)O1. The van der Waals surface area contributed by atoms with E-state index < -0.39 is 11.8 Å². The minimum Gasteiger partial charge on any atom is -0.363 e. The lowest BCUT2D eigenvalue weighted by molar-refractivity contribution is -0.157. The largest absolute Gasteiger partial charge is 0.363 e. The highest BCUT2D eigenvalue weighted by atomic mass is 32.1. The topological polar surface area (TPSA) is 58.6 Å². The molecule has 25 heavy (non-hydrogen) atoms. The number of fused-ring (bicyclic) bond motifs is 1. The van der Waals surface area contributed by atoms with Gasteiger partial charge >= 0.3 is 0 Å². The van der Waals surface area contributed by atoms with Crippen LogP contribution in [-0.2, 0) is 20.9 Å². The molecular formula is C18H23FN2O3S. The number of alkyl halides is 1. The van der Waals surface area contributed by atoms with Gasteiger partial charge in [0.05, 0.1) is 18.7 Å². The van der Waals surface area contributed by atoms with Crippen molar-refractivity contribution in [2.75, 3.05) is 6.54 Å². The Balaban J connectivity index is 1.32. The molecular weight excluding hydrogens is 343 g/mol. The third-order valence-electron chi connectivity index (χ3n) is 5.65. The van der Waals surface area contributed by atoms with Crippen LogP contribution in [0.15, 0.2) is 17.5 Å². The molecule has 0 spiro atoms. The molecule has 1 aromatic heterocycles. The zero-order valence-electron chi connectivity index (χ0n) is 14.1. The standard InChI is InChI=1S/C18H23FN2O3S/c19-18(7-2-8-18)17(23)21-9-6-14-13(21)4-5-15(24-14)16(22)20-11-12-3-1-10-25-12/h1,3,10,13-15H,2,4-9,11H2,(H,20,22)/t13-,14-,15+/m1/s1. The smallest absolute Gasteiger partial charge is 0.260 e. The summed E-state index contributed by atoms with van der Waals surface area (Å²) in [5.41, 5.74) is -1.65. The van der Waals surface area contributed by atoms with E-state index in [0.29, 0.717) is 45.2 Å². The van der Waals surface area contributed by atoms with Crippen LogP contribution in [0.3, 0.4) is 0 Å². The van der Waals surface area contributed by atoms with E-state index >= 15 is 0 Å². The molecule has 136 valence electrons. The summed E-state index contributed by atoms with van der Waals surface area (Å²) in [6.45, 7) is 1.04. The lowest BCUT2D eigenvalue weighted by Gasteiger charge is -2.40. The zero-order chi connectivity index (χ0) is 17.4. The van der Waals surface area contributed by atoms with Crippen molar-refractivity contribution in [3.63, 3.8) is 0 Å². The van der Waals surface area contributed by atoms with E-state index in [1.807, 2.05) is 17.5 Å². The molecule has 1 saturated carbocycles. The molecule has 2 amide bonds. The maximum absolute atomic E-state index is 14.5. The first-order valence-corrected chi connectivity index (χ1v) is 9.90. The molecule has 5 nitrogen and oxygen atoms in total. The first-order valence-electron chi connectivity index (χ1n) is 9.02. The van der Waals surface area contributed by atoms with E-state index in [9.17, 15) is 14.0 Å². The first kappa shape index (κ1) is 17.0. The number of carbonyl (C=O) groups excluding carboxylic acids is 2. The van der Waals surface area contributed by atoms with Crippen molar-refractivity contribution in [3.05, 3.63) is 22.4 Å². The molecule has 0 radical (unpaired) electrons. The molecule has 3 atom stereocenters. The van der Waals surface area contributed by atoms with Crippen LogP contribution in [0.2, 0.25) is 0 Å². The van der Waals surface area contributed by atoms with Gasteiger partial charge in [0.1, 0.15) is 6.10 Å². The number of hydrogen-bond acceptors (Lipinski definition) is 4. The Hall–Kier alpha value is -1.47. The van der Waals surface area contributed by atoms with E-state index in [1.165, 1.54) is 0 Å². The number of hydrogen-bond donors (Lipinski definition) is 1. The summed E-state index contributed by atoms with van der Waals surface area (Å²) in [6, 6.07) is 3.86. The van der Waals surface area contributed by atoms with Crippen LogP contribution in [0.5, 0.6) is 0 Å². The average Bonchev–Trinajstić information content (AvgIpc) is 3.25. The molecule has 1 aliphatic carbocycles. The Kier molecular flexibility index (Phi) is 4.54. The maximum Gasteiger partial charge on any atom is 0.260 e. The normalized spacial score (nSPS) is 30.4. The molecule has 2 saturated heterocycles. The Morgan fingerprint density at radius 2 is 2.20 bits per heavy atom. The average molecular weight is 366 g/mol. The number of halogens is 1. The highest BCUT2D eigenvalue weighted by Gasteiger charge is 2.52. The molecule has 3 fully saturated rings. The van der Waals surface area contributed by atoms with Gasteiger partial charge in [0.25, 0.3) is 5.91 Å². The summed E-state index contributed by atoms with van der Waals surface area (Å²) in [5.74, 6) is -0.465. The molecule has 3 heterocycles. The minimum atomic E-state index is -1.65. The molecule has 0 aromatic carbocycles. The molecule has 0 bridgehead atoms. The number of likely N-dealkylation sites (tertiary alicyclic amines) is 1. The number of rotatable bonds is 4. The van der Waals surface area contributed by atoms with E-state index in [1.54, 1.807) is 16.2 Å². The van der Waals surface area contributed by atoms with Crippen molar-refractivity contribution in [2.45, 2.75) is 69.0 Å². The second kappa shape index (κ2) is 6.68. The first-order chi connectivity index (χ1) is 12.1. The summed E-state index contributed by atoms with van der Waals surface area (Å²) < 4.78 is 20.4. The minimum absolute atomic E-state index is 0.0814. The van der Waals surface area contributed by atoms with Gasteiger partial charge in [-0.15, -0.1) is 11.3 Å². The van der Waals surface area contributed by atoms with Crippen LogP contribution in [0.4, 0.5) is 4.39 Å². The second-order valence-electron chi connectivity index (χ2n) is 7.21. The highest BCUT2D eigenvalue weighted by Crippen LogP contribution is 2.41. The number of ether oxygens (including phenoxy) is 1. The van der Waals surface area contributed by atoms with Gasteiger partial charge < -0.3 is 15.0 Å². The summed E-state index contributed by atoms with van der Waals surface area (Å²) >= 11 is 1.61. The van der Waals surface area contributed by atoms with Gasteiger partial charge in [-0.3, -0.25) is 9.59 Å². The molecule has 2 aliphatic heterocycles. The van der Waals surface area contributed by atoms with Gasteiger partial charge in [0.2, 0.25) is 5.91 Å². The summed E-state index contributed by atoms with van der Waals surface area (Å²) in [5, 5.41) is 4.90. The van der Waals surface area contributed by atoms with Gasteiger partial charge in [-0.2, -0.15) is 0 Å². The summed E-state index contributed by atoms with van der Waals surface area (Å²) in [7, 11) is 0. The number of amides is 2. The predicted octanol–water partition coefficient (Wildman–Crippen LogP) is 2.41. The monoisotopic (exact) mass is 366 g/mol. The molecule has 1 N–H and O–H groups in total. The van der Waals surface area contributed by atoms with Crippen molar-refractivity contribution in [1.82, 2.24) is 10.2 Å². The fraction of sp³-hybridized carbons (Fsp3) is 0.667. The lowest BCUT2D eigenvalue weighted by atomic mass is 9.80. The van der Waals surface area contributed by atoms with Crippen molar-refractivity contribution in [2.24, 2.45) is 0 Å².